The number of rotatable bonds is 7. The molecule has 0 aromatic carbocycles. The van der Waals surface area contributed by atoms with Gasteiger partial charge in [-0.25, -0.2) is 4.79 Å². The molecule has 2 atom stereocenters. The van der Waals surface area contributed by atoms with Gasteiger partial charge in [-0.1, -0.05) is 0 Å². The van der Waals surface area contributed by atoms with Gasteiger partial charge in [-0.3, -0.25) is 4.79 Å². The maximum Gasteiger partial charge on any atom is 0.326 e. The summed E-state index contributed by atoms with van der Waals surface area (Å²) in [4.78, 5) is 22.7. The molecule has 6 heteroatoms. The van der Waals surface area contributed by atoms with Crippen LogP contribution in [0.15, 0.2) is 0 Å². The monoisotopic (exact) mass is 275 g/mol. The quantitative estimate of drug-likeness (QED) is 0.732. The van der Waals surface area contributed by atoms with Gasteiger partial charge in [0, 0.05) is 6.61 Å². The van der Waals surface area contributed by atoms with Crippen LogP contribution in [0.25, 0.3) is 0 Å². The van der Waals surface area contributed by atoms with Crippen molar-refractivity contribution in [2.24, 2.45) is 0 Å². The molecule has 5 nitrogen and oxygen atoms in total. The summed E-state index contributed by atoms with van der Waals surface area (Å²) in [6.07, 6.45) is 5.59. The lowest BCUT2D eigenvalue weighted by atomic mass is 10.1. The molecule has 0 aromatic heterocycles. The number of hydrogen-bond donors (Lipinski definition) is 2. The van der Waals surface area contributed by atoms with Crippen molar-refractivity contribution >= 4 is 23.6 Å². The van der Waals surface area contributed by atoms with Crippen molar-refractivity contribution in [2.75, 3.05) is 18.6 Å². The largest absolute Gasteiger partial charge is 0.480 e. The molecule has 0 saturated carbocycles. The number of amides is 1. The molecule has 2 unspecified atom stereocenters. The first-order chi connectivity index (χ1) is 8.63. The number of thioether (sulfide) groups is 1. The molecule has 18 heavy (non-hydrogen) atoms. The van der Waals surface area contributed by atoms with Crippen molar-refractivity contribution in [3.63, 3.8) is 0 Å². The maximum atomic E-state index is 11.7. The molecule has 0 aliphatic carbocycles. The Morgan fingerprint density at radius 3 is 2.83 bits per heavy atom. The maximum absolute atomic E-state index is 11.7. The van der Waals surface area contributed by atoms with E-state index in [4.69, 9.17) is 9.84 Å². The minimum atomic E-state index is -0.970. The second kappa shape index (κ2) is 8.37. The third-order valence-electron chi connectivity index (χ3n) is 2.93. The molecule has 1 rings (SSSR count). The van der Waals surface area contributed by atoms with E-state index < -0.39 is 12.0 Å². The predicted octanol–water partition coefficient (Wildman–Crippen LogP) is 1.27. The minimum absolute atomic E-state index is 0.0475. The van der Waals surface area contributed by atoms with E-state index in [1.165, 1.54) is 0 Å². The first-order valence-electron chi connectivity index (χ1n) is 6.26. The fourth-order valence-electron chi connectivity index (χ4n) is 1.92. The summed E-state index contributed by atoms with van der Waals surface area (Å²) in [5, 5.41) is 11.6. The van der Waals surface area contributed by atoms with Crippen LogP contribution in [0, 0.1) is 0 Å². The highest BCUT2D eigenvalue weighted by molar-refractivity contribution is 7.98. The zero-order chi connectivity index (χ0) is 13.4. The Labute approximate surface area is 112 Å². The third-order valence-corrected chi connectivity index (χ3v) is 3.57. The molecule has 1 fully saturated rings. The lowest BCUT2D eigenvalue weighted by Gasteiger charge is -2.23. The first kappa shape index (κ1) is 15.3. The van der Waals surface area contributed by atoms with Crippen molar-refractivity contribution in [3.05, 3.63) is 0 Å². The predicted molar refractivity (Wildman–Crippen MR) is 70.8 cm³/mol. The highest BCUT2D eigenvalue weighted by Crippen LogP contribution is 2.15. The summed E-state index contributed by atoms with van der Waals surface area (Å²) in [5.74, 6) is -0.477. The molecule has 0 bridgehead atoms. The van der Waals surface area contributed by atoms with Gasteiger partial charge in [-0.15, -0.1) is 0 Å². The van der Waals surface area contributed by atoms with Gasteiger partial charge in [0.1, 0.15) is 6.04 Å². The van der Waals surface area contributed by atoms with Crippen LogP contribution in [0.5, 0.6) is 0 Å². The molecule has 0 radical (unpaired) electrons. The molecule has 1 saturated heterocycles. The van der Waals surface area contributed by atoms with Gasteiger partial charge >= 0.3 is 5.97 Å². The van der Waals surface area contributed by atoms with Crippen molar-refractivity contribution in [1.29, 1.82) is 0 Å². The summed E-state index contributed by atoms with van der Waals surface area (Å²) in [7, 11) is 0. The molecular formula is C12H21NO4S. The van der Waals surface area contributed by atoms with Gasteiger partial charge in [0.25, 0.3) is 0 Å². The van der Waals surface area contributed by atoms with Crippen LogP contribution in [0.3, 0.4) is 0 Å². The van der Waals surface area contributed by atoms with E-state index in [-0.39, 0.29) is 18.4 Å². The fraction of sp³-hybridized carbons (Fsp3) is 0.833. The summed E-state index contributed by atoms with van der Waals surface area (Å²) in [5.41, 5.74) is 0. The van der Waals surface area contributed by atoms with Crippen LogP contribution in [-0.2, 0) is 14.3 Å². The average Bonchev–Trinajstić information content (AvgIpc) is 2.35. The van der Waals surface area contributed by atoms with Crippen molar-refractivity contribution in [3.8, 4) is 0 Å². The Bertz CT molecular complexity index is 279. The van der Waals surface area contributed by atoms with Gasteiger partial charge in [-0.05, 0) is 37.7 Å². The number of carboxylic acid groups (broad SMARTS) is 1. The number of carboxylic acids is 1. The topological polar surface area (TPSA) is 75.6 Å². The van der Waals surface area contributed by atoms with Crippen LogP contribution in [-0.4, -0.2) is 47.7 Å². The Morgan fingerprint density at radius 1 is 1.50 bits per heavy atom. The standard InChI is InChI=1S/C12H21NO4S/c1-18-7-5-10(12(15)16)13-11(14)8-9-4-2-3-6-17-9/h9-10H,2-8H2,1H3,(H,13,14)(H,15,16). The van der Waals surface area contributed by atoms with Crippen molar-refractivity contribution < 1.29 is 19.4 Å². The van der Waals surface area contributed by atoms with E-state index in [0.29, 0.717) is 13.0 Å². The number of ether oxygens (including phenoxy) is 1. The second-order valence-electron chi connectivity index (χ2n) is 4.43. The SMILES string of the molecule is CSCCC(NC(=O)CC1CCCCO1)C(=O)O. The molecular weight excluding hydrogens is 254 g/mol. The normalized spacial score (nSPS) is 21.3. The lowest BCUT2D eigenvalue weighted by molar-refractivity contribution is -0.142. The Balaban J connectivity index is 2.32. The van der Waals surface area contributed by atoms with Gasteiger partial charge in [0.05, 0.1) is 12.5 Å². The average molecular weight is 275 g/mol. The minimum Gasteiger partial charge on any atom is -0.480 e. The van der Waals surface area contributed by atoms with Crippen LogP contribution in [0.1, 0.15) is 32.1 Å². The molecule has 1 aliphatic heterocycles. The highest BCUT2D eigenvalue weighted by Gasteiger charge is 2.22. The lowest BCUT2D eigenvalue weighted by Crippen LogP contribution is -2.42. The van der Waals surface area contributed by atoms with Gasteiger partial charge in [0.2, 0.25) is 5.91 Å². The smallest absolute Gasteiger partial charge is 0.326 e. The summed E-state index contributed by atoms with van der Waals surface area (Å²) >= 11 is 1.57. The molecule has 0 spiro atoms. The molecule has 0 aromatic rings. The third kappa shape index (κ3) is 5.73. The number of nitrogens with one attached hydrogen (secondary N) is 1. The number of hydrogen-bond acceptors (Lipinski definition) is 4. The van der Waals surface area contributed by atoms with E-state index in [1.54, 1.807) is 11.8 Å². The number of carbonyl (C=O) groups is 2. The molecule has 1 heterocycles. The molecule has 1 amide bonds. The van der Waals surface area contributed by atoms with E-state index in [0.717, 1.165) is 25.0 Å². The zero-order valence-electron chi connectivity index (χ0n) is 10.7. The zero-order valence-corrected chi connectivity index (χ0v) is 11.5. The van der Waals surface area contributed by atoms with Crippen LogP contribution >= 0.6 is 11.8 Å². The van der Waals surface area contributed by atoms with E-state index in [9.17, 15) is 9.59 Å². The van der Waals surface area contributed by atoms with Crippen molar-refractivity contribution in [2.45, 2.75) is 44.2 Å². The summed E-state index contributed by atoms with van der Waals surface area (Å²) in [6, 6.07) is -0.784. The summed E-state index contributed by atoms with van der Waals surface area (Å²) < 4.78 is 5.46. The van der Waals surface area contributed by atoms with E-state index >= 15 is 0 Å². The Hall–Kier alpha value is -0.750. The van der Waals surface area contributed by atoms with Crippen LogP contribution < -0.4 is 5.32 Å². The van der Waals surface area contributed by atoms with Crippen LogP contribution in [0.2, 0.25) is 0 Å². The Morgan fingerprint density at radius 2 is 2.28 bits per heavy atom. The summed E-state index contributed by atoms with van der Waals surface area (Å²) in [6.45, 7) is 0.701. The highest BCUT2D eigenvalue weighted by atomic mass is 32.2. The van der Waals surface area contributed by atoms with Gasteiger partial charge < -0.3 is 15.2 Å². The number of carbonyl (C=O) groups excluding carboxylic acids is 1. The fourth-order valence-corrected chi connectivity index (χ4v) is 2.39. The van der Waals surface area contributed by atoms with E-state index in [1.807, 2.05) is 6.26 Å². The van der Waals surface area contributed by atoms with Crippen LogP contribution in [0.4, 0.5) is 0 Å². The molecule has 2 N–H and O–H groups in total. The Kier molecular flexibility index (Phi) is 7.12. The first-order valence-corrected chi connectivity index (χ1v) is 7.65. The number of aliphatic carboxylic acids is 1. The van der Waals surface area contributed by atoms with Gasteiger partial charge in [0.15, 0.2) is 0 Å². The molecule has 104 valence electrons. The van der Waals surface area contributed by atoms with E-state index in [2.05, 4.69) is 5.32 Å². The van der Waals surface area contributed by atoms with Gasteiger partial charge in [-0.2, -0.15) is 11.8 Å². The second-order valence-corrected chi connectivity index (χ2v) is 5.42. The molecule has 1 aliphatic rings. The van der Waals surface area contributed by atoms with Crippen molar-refractivity contribution in [1.82, 2.24) is 5.32 Å².